The molecule has 0 radical (unpaired) electrons. The summed E-state index contributed by atoms with van der Waals surface area (Å²) in [5.41, 5.74) is 2.58. The molecule has 3 heteroatoms. The third-order valence-corrected chi connectivity index (χ3v) is 2.97. The molecule has 86 valence electrons. The lowest BCUT2D eigenvalue weighted by Gasteiger charge is -2.11. The maximum Gasteiger partial charge on any atom is 0.173 e. The maximum atomic E-state index is 11.6. The summed E-state index contributed by atoms with van der Waals surface area (Å²) in [6.07, 6.45) is 3.93. The molecular formula is C13H18N2O. The zero-order chi connectivity index (χ0) is 12.1. The largest absolute Gasteiger partial charge is 0.378 e. The van der Waals surface area contributed by atoms with Gasteiger partial charge in [-0.05, 0) is 31.4 Å². The number of nitriles is 1. The third-order valence-electron chi connectivity index (χ3n) is 2.97. The van der Waals surface area contributed by atoms with Crippen molar-refractivity contribution in [2.45, 2.75) is 33.1 Å². The van der Waals surface area contributed by atoms with E-state index in [0.717, 1.165) is 30.7 Å². The van der Waals surface area contributed by atoms with Gasteiger partial charge >= 0.3 is 0 Å². The highest BCUT2D eigenvalue weighted by Gasteiger charge is 2.16. The van der Waals surface area contributed by atoms with E-state index in [1.54, 1.807) is 6.08 Å². The Morgan fingerprint density at radius 3 is 2.75 bits per heavy atom. The van der Waals surface area contributed by atoms with E-state index in [2.05, 4.69) is 4.90 Å². The Labute approximate surface area is 97.0 Å². The fourth-order valence-corrected chi connectivity index (χ4v) is 1.77. The molecular weight excluding hydrogens is 200 g/mol. The van der Waals surface area contributed by atoms with Crippen LogP contribution in [-0.4, -0.2) is 24.3 Å². The predicted molar refractivity (Wildman–Crippen MR) is 63.6 cm³/mol. The van der Waals surface area contributed by atoms with Crippen LogP contribution < -0.4 is 0 Å². The Hall–Kier alpha value is -1.56. The van der Waals surface area contributed by atoms with Crippen molar-refractivity contribution >= 4 is 5.78 Å². The van der Waals surface area contributed by atoms with Crippen LogP contribution in [0.15, 0.2) is 22.9 Å². The number of ketones is 1. The molecule has 3 nitrogen and oxygen atoms in total. The highest BCUT2D eigenvalue weighted by atomic mass is 16.1. The second-order valence-electron chi connectivity index (χ2n) is 4.13. The van der Waals surface area contributed by atoms with Gasteiger partial charge in [-0.1, -0.05) is 6.92 Å². The Kier molecular flexibility index (Phi) is 4.30. The van der Waals surface area contributed by atoms with Crippen LogP contribution in [-0.2, 0) is 4.79 Å². The van der Waals surface area contributed by atoms with E-state index >= 15 is 0 Å². The van der Waals surface area contributed by atoms with Crippen molar-refractivity contribution in [3.8, 4) is 6.07 Å². The molecule has 0 spiro atoms. The monoisotopic (exact) mass is 218 g/mol. The molecule has 0 N–H and O–H groups in total. The second-order valence-corrected chi connectivity index (χ2v) is 4.13. The first-order chi connectivity index (χ1) is 7.60. The van der Waals surface area contributed by atoms with Crippen molar-refractivity contribution in [1.29, 1.82) is 5.26 Å². The van der Waals surface area contributed by atoms with Crippen LogP contribution >= 0.6 is 0 Å². The lowest BCUT2D eigenvalue weighted by atomic mass is 10.0. The summed E-state index contributed by atoms with van der Waals surface area (Å²) >= 11 is 0. The molecule has 0 saturated carbocycles. The number of carbonyl (C=O) groups excluding carboxylic acids is 1. The minimum Gasteiger partial charge on any atom is -0.378 e. The highest BCUT2D eigenvalue weighted by molar-refractivity contribution is 5.99. The summed E-state index contributed by atoms with van der Waals surface area (Å²) in [7, 11) is 2.02. The van der Waals surface area contributed by atoms with Gasteiger partial charge in [0, 0.05) is 25.7 Å². The molecule has 0 amide bonds. The van der Waals surface area contributed by atoms with Crippen LogP contribution in [0.5, 0.6) is 0 Å². The average molecular weight is 218 g/mol. The standard InChI is InChI=1S/C13H18N2O/c1-4-5-13(16)12(9-14)8-11-6-7-15(3)10(11)2/h8H,4-7H2,1-3H3/b12-8+. The van der Waals surface area contributed by atoms with Crippen molar-refractivity contribution in [1.82, 2.24) is 4.90 Å². The first kappa shape index (κ1) is 12.5. The molecule has 0 saturated heterocycles. The van der Waals surface area contributed by atoms with Crippen LogP contribution in [0.3, 0.4) is 0 Å². The number of hydrogen-bond donors (Lipinski definition) is 0. The van der Waals surface area contributed by atoms with Gasteiger partial charge < -0.3 is 4.90 Å². The first-order valence-corrected chi connectivity index (χ1v) is 5.66. The van der Waals surface area contributed by atoms with E-state index in [1.807, 2.05) is 27.0 Å². The van der Waals surface area contributed by atoms with Crippen molar-refractivity contribution in [2.24, 2.45) is 0 Å². The van der Waals surface area contributed by atoms with E-state index in [-0.39, 0.29) is 5.78 Å². The summed E-state index contributed by atoms with van der Waals surface area (Å²) in [5.74, 6) is -0.0418. The average Bonchev–Trinajstić information content (AvgIpc) is 2.57. The highest BCUT2D eigenvalue weighted by Crippen LogP contribution is 2.23. The van der Waals surface area contributed by atoms with Gasteiger partial charge in [0.05, 0.1) is 5.57 Å². The zero-order valence-electron chi connectivity index (χ0n) is 10.2. The van der Waals surface area contributed by atoms with E-state index in [9.17, 15) is 4.79 Å². The van der Waals surface area contributed by atoms with Gasteiger partial charge in [-0.15, -0.1) is 0 Å². The molecule has 1 heterocycles. The van der Waals surface area contributed by atoms with Crippen LogP contribution in [0, 0.1) is 11.3 Å². The van der Waals surface area contributed by atoms with Gasteiger partial charge in [-0.2, -0.15) is 5.26 Å². The number of rotatable bonds is 4. The molecule has 0 unspecified atom stereocenters. The summed E-state index contributed by atoms with van der Waals surface area (Å²) in [5, 5.41) is 8.96. The molecule has 0 fully saturated rings. The maximum absolute atomic E-state index is 11.6. The van der Waals surface area contributed by atoms with Crippen LogP contribution in [0.25, 0.3) is 0 Å². The van der Waals surface area contributed by atoms with Crippen LogP contribution in [0.4, 0.5) is 0 Å². The smallest absolute Gasteiger partial charge is 0.173 e. The zero-order valence-corrected chi connectivity index (χ0v) is 10.2. The molecule has 0 aromatic heterocycles. The minimum atomic E-state index is -0.0418. The number of carbonyl (C=O) groups is 1. The molecule has 1 rings (SSSR count). The van der Waals surface area contributed by atoms with Gasteiger partial charge in [0.15, 0.2) is 5.78 Å². The molecule has 0 aliphatic carbocycles. The van der Waals surface area contributed by atoms with Crippen molar-refractivity contribution in [2.75, 3.05) is 13.6 Å². The van der Waals surface area contributed by atoms with Gasteiger partial charge in [-0.25, -0.2) is 0 Å². The Bertz CT molecular complexity index is 385. The fourth-order valence-electron chi connectivity index (χ4n) is 1.77. The Morgan fingerprint density at radius 1 is 1.62 bits per heavy atom. The molecule has 0 aromatic rings. The quantitative estimate of drug-likeness (QED) is 0.537. The molecule has 0 bridgehead atoms. The fraction of sp³-hybridized carbons (Fsp3) is 0.538. The predicted octanol–water partition coefficient (Wildman–Crippen LogP) is 2.42. The van der Waals surface area contributed by atoms with Gasteiger partial charge in [-0.3, -0.25) is 4.79 Å². The Morgan fingerprint density at radius 2 is 2.31 bits per heavy atom. The number of Topliss-reactive ketones (excluding diaryl/α,β-unsaturated/α-hetero) is 1. The summed E-state index contributed by atoms with van der Waals surface area (Å²) < 4.78 is 0. The van der Waals surface area contributed by atoms with Crippen LogP contribution in [0.1, 0.15) is 33.1 Å². The normalized spacial score (nSPS) is 16.6. The number of allylic oxidation sites excluding steroid dienone is 3. The summed E-state index contributed by atoms with van der Waals surface area (Å²) in [6, 6.07) is 2.01. The van der Waals surface area contributed by atoms with Crippen LogP contribution in [0.2, 0.25) is 0 Å². The van der Waals surface area contributed by atoms with E-state index in [4.69, 9.17) is 5.26 Å². The van der Waals surface area contributed by atoms with E-state index in [1.165, 1.54) is 0 Å². The van der Waals surface area contributed by atoms with Gasteiger partial charge in [0.1, 0.15) is 6.07 Å². The van der Waals surface area contributed by atoms with Crippen molar-refractivity contribution in [3.05, 3.63) is 22.9 Å². The Balaban J connectivity index is 2.90. The molecule has 0 aromatic carbocycles. The lowest BCUT2D eigenvalue weighted by molar-refractivity contribution is -0.115. The second kappa shape index (κ2) is 5.50. The molecule has 0 atom stereocenters. The SMILES string of the molecule is CCCC(=O)/C(C#N)=C/C1=C(C)N(C)CC1. The third kappa shape index (κ3) is 2.73. The minimum absolute atomic E-state index is 0.0418. The molecule has 1 aliphatic heterocycles. The van der Waals surface area contributed by atoms with Gasteiger partial charge in [0.25, 0.3) is 0 Å². The summed E-state index contributed by atoms with van der Waals surface area (Å²) in [4.78, 5) is 13.8. The molecule has 16 heavy (non-hydrogen) atoms. The van der Waals surface area contributed by atoms with Crippen molar-refractivity contribution < 1.29 is 4.79 Å². The number of nitrogens with zero attached hydrogens (tertiary/aromatic N) is 2. The first-order valence-electron chi connectivity index (χ1n) is 5.66. The van der Waals surface area contributed by atoms with Gasteiger partial charge in [0.2, 0.25) is 0 Å². The number of hydrogen-bond acceptors (Lipinski definition) is 3. The van der Waals surface area contributed by atoms with E-state index in [0.29, 0.717) is 12.0 Å². The topological polar surface area (TPSA) is 44.1 Å². The lowest BCUT2D eigenvalue weighted by Crippen LogP contribution is -2.10. The molecule has 1 aliphatic rings. The summed E-state index contributed by atoms with van der Waals surface area (Å²) in [6.45, 7) is 4.94. The van der Waals surface area contributed by atoms with Crippen molar-refractivity contribution in [3.63, 3.8) is 0 Å². The van der Waals surface area contributed by atoms with E-state index < -0.39 is 0 Å².